The summed E-state index contributed by atoms with van der Waals surface area (Å²) in [5.74, 6) is -0.317. The largest absolute Gasteiger partial charge is 0.326 e. The molecule has 1 heterocycles. The molecule has 7 nitrogen and oxygen atoms in total. The zero-order chi connectivity index (χ0) is 21.3. The van der Waals surface area contributed by atoms with Gasteiger partial charge in [-0.2, -0.15) is 4.31 Å². The summed E-state index contributed by atoms with van der Waals surface area (Å²) in [5, 5.41) is 5.70. The van der Waals surface area contributed by atoms with E-state index >= 15 is 0 Å². The van der Waals surface area contributed by atoms with E-state index in [9.17, 15) is 18.0 Å². The van der Waals surface area contributed by atoms with Crippen molar-refractivity contribution in [2.75, 3.05) is 23.7 Å². The zero-order valence-corrected chi connectivity index (χ0v) is 17.7. The Kier molecular flexibility index (Phi) is 5.62. The van der Waals surface area contributed by atoms with Crippen molar-refractivity contribution in [3.8, 4) is 0 Å². The van der Waals surface area contributed by atoms with Gasteiger partial charge in [-0.25, -0.2) is 8.42 Å². The second kappa shape index (κ2) is 8.20. The van der Waals surface area contributed by atoms with Crippen LogP contribution in [0.15, 0.2) is 47.4 Å². The molecule has 158 valence electrons. The molecule has 0 atom stereocenters. The maximum Gasteiger partial charge on any atom is 0.255 e. The molecule has 8 heteroatoms. The van der Waals surface area contributed by atoms with Crippen LogP contribution >= 0.6 is 0 Å². The van der Waals surface area contributed by atoms with Gasteiger partial charge in [0.25, 0.3) is 5.91 Å². The Balaban J connectivity index is 1.52. The first kappa shape index (κ1) is 20.6. The number of carbonyl (C=O) groups is 2. The Morgan fingerprint density at radius 1 is 1.00 bits per heavy atom. The molecular formula is C22H25N3O4S. The number of carbonyl (C=O) groups excluding carboxylic acids is 2. The van der Waals surface area contributed by atoms with Crippen molar-refractivity contribution < 1.29 is 18.0 Å². The number of aryl methyl sites for hydroxylation is 1. The first-order valence-electron chi connectivity index (χ1n) is 10.2. The summed E-state index contributed by atoms with van der Waals surface area (Å²) >= 11 is 0. The third-order valence-corrected chi connectivity index (χ3v) is 7.40. The van der Waals surface area contributed by atoms with Crippen LogP contribution in [0.2, 0.25) is 0 Å². The molecule has 2 aromatic carbocycles. The minimum Gasteiger partial charge on any atom is -0.326 e. The van der Waals surface area contributed by atoms with Gasteiger partial charge in [0.2, 0.25) is 15.9 Å². The fourth-order valence-corrected chi connectivity index (χ4v) is 5.06. The third-order valence-electron chi connectivity index (χ3n) is 5.50. The second-order valence-electron chi connectivity index (χ2n) is 7.89. The van der Waals surface area contributed by atoms with E-state index in [4.69, 9.17) is 0 Å². The molecule has 1 aliphatic heterocycles. The summed E-state index contributed by atoms with van der Waals surface area (Å²) in [6, 6.07) is 11.4. The number of sulfonamides is 1. The van der Waals surface area contributed by atoms with E-state index in [2.05, 4.69) is 10.6 Å². The Morgan fingerprint density at radius 2 is 1.73 bits per heavy atom. The van der Waals surface area contributed by atoms with E-state index in [0.29, 0.717) is 24.5 Å². The standard InChI is InChI=1S/C22H25N3O4S/c1-15-7-10-18(23-21(26)16-8-9-16)14-20(15)24-22(27)17-5-4-6-19(13-17)30(28,29)25-11-2-3-12-25/h4-7,10,13-14,16H,2-3,8-9,11-12H2,1H3,(H,23,26)(H,24,27). The molecule has 2 N–H and O–H groups in total. The molecule has 0 aromatic heterocycles. The van der Waals surface area contributed by atoms with E-state index in [1.807, 2.05) is 13.0 Å². The van der Waals surface area contributed by atoms with Crippen LogP contribution in [-0.2, 0) is 14.8 Å². The lowest BCUT2D eigenvalue weighted by Gasteiger charge is -2.16. The van der Waals surface area contributed by atoms with Crippen molar-refractivity contribution in [2.45, 2.75) is 37.5 Å². The fraction of sp³-hybridized carbons (Fsp3) is 0.364. The number of benzene rings is 2. The maximum atomic E-state index is 12.8. The molecule has 1 aliphatic carbocycles. The lowest BCUT2D eigenvalue weighted by atomic mass is 10.1. The van der Waals surface area contributed by atoms with E-state index in [-0.39, 0.29) is 22.3 Å². The number of hydrogen-bond acceptors (Lipinski definition) is 4. The molecule has 30 heavy (non-hydrogen) atoms. The van der Waals surface area contributed by atoms with Gasteiger partial charge in [0.05, 0.1) is 4.90 Å². The number of amides is 2. The SMILES string of the molecule is Cc1ccc(NC(=O)C2CC2)cc1NC(=O)c1cccc(S(=O)(=O)N2CCCC2)c1. The maximum absolute atomic E-state index is 12.8. The van der Waals surface area contributed by atoms with Crippen molar-refractivity contribution in [3.05, 3.63) is 53.6 Å². The monoisotopic (exact) mass is 427 g/mol. The number of hydrogen-bond donors (Lipinski definition) is 2. The van der Waals surface area contributed by atoms with Gasteiger partial charge in [0.15, 0.2) is 0 Å². The number of nitrogens with one attached hydrogen (secondary N) is 2. The summed E-state index contributed by atoms with van der Waals surface area (Å²) in [7, 11) is -3.59. The van der Waals surface area contributed by atoms with Gasteiger partial charge in [-0.15, -0.1) is 0 Å². The Bertz CT molecular complexity index is 1090. The lowest BCUT2D eigenvalue weighted by Crippen LogP contribution is -2.28. The number of rotatable bonds is 6. The van der Waals surface area contributed by atoms with E-state index in [0.717, 1.165) is 31.2 Å². The molecular weight excluding hydrogens is 402 g/mol. The first-order valence-corrected chi connectivity index (χ1v) is 11.6. The predicted octanol–water partition coefficient (Wildman–Crippen LogP) is 3.38. The van der Waals surface area contributed by atoms with Crippen LogP contribution in [0.1, 0.15) is 41.6 Å². The predicted molar refractivity (Wildman–Crippen MR) is 115 cm³/mol. The van der Waals surface area contributed by atoms with Crippen LogP contribution in [0.25, 0.3) is 0 Å². The highest BCUT2D eigenvalue weighted by Gasteiger charge is 2.30. The molecule has 0 spiro atoms. The molecule has 0 radical (unpaired) electrons. The van der Waals surface area contributed by atoms with Crippen LogP contribution < -0.4 is 10.6 Å². The van der Waals surface area contributed by atoms with Gasteiger partial charge in [0, 0.05) is 35.9 Å². The van der Waals surface area contributed by atoms with Gasteiger partial charge < -0.3 is 10.6 Å². The van der Waals surface area contributed by atoms with Crippen molar-refractivity contribution in [1.82, 2.24) is 4.31 Å². The van der Waals surface area contributed by atoms with E-state index in [1.54, 1.807) is 24.3 Å². The number of nitrogens with zero attached hydrogens (tertiary/aromatic N) is 1. The lowest BCUT2D eigenvalue weighted by molar-refractivity contribution is -0.117. The summed E-state index contributed by atoms with van der Waals surface area (Å²) in [4.78, 5) is 24.9. The zero-order valence-electron chi connectivity index (χ0n) is 16.8. The van der Waals surface area contributed by atoms with Gasteiger partial charge in [-0.05, 0) is 68.5 Å². The molecule has 2 fully saturated rings. The average molecular weight is 428 g/mol. The highest BCUT2D eigenvalue weighted by Crippen LogP contribution is 2.31. The summed E-state index contributed by atoms with van der Waals surface area (Å²) in [6.07, 6.45) is 3.54. The minimum atomic E-state index is -3.59. The van der Waals surface area contributed by atoms with Gasteiger partial charge in [-0.3, -0.25) is 9.59 Å². The molecule has 2 aromatic rings. The third kappa shape index (κ3) is 4.39. The van der Waals surface area contributed by atoms with Gasteiger partial charge >= 0.3 is 0 Å². The quantitative estimate of drug-likeness (QED) is 0.739. The van der Waals surface area contributed by atoms with Crippen molar-refractivity contribution in [2.24, 2.45) is 5.92 Å². The molecule has 2 aliphatic rings. The Hall–Kier alpha value is -2.71. The summed E-state index contributed by atoms with van der Waals surface area (Å²) in [5.41, 5.74) is 2.30. The molecule has 0 unspecified atom stereocenters. The van der Waals surface area contributed by atoms with Gasteiger partial charge in [0.1, 0.15) is 0 Å². The Morgan fingerprint density at radius 3 is 2.43 bits per heavy atom. The van der Waals surface area contributed by atoms with Crippen molar-refractivity contribution in [3.63, 3.8) is 0 Å². The first-order chi connectivity index (χ1) is 14.3. The normalized spacial score (nSPS) is 17.0. The molecule has 1 saturated heterocycles. The average Bonchev–Trinajstić information content (AvgIpc) is 3.44. The van der Waals surface area contributed by atoms with Crippen molar-refractivity contribution >= 4 is 33.2 Å². The topological polar surface area (TPSA) is 95.6 Å². The highest BCUT2D eigenvalue weighted by molar-refractivity contribution is 7.89. The van der Waals surface area contributed by atoms with Crippen LogP contribution in [-0.4, -0.2) is 37.6 Å². The fourth-order valence-electron chi connectivity index (χ4n) is 3.49. The molecule has 1 saturated carbocycles. The van der Waals surface area contributed by atoms with E-state index < -0.39 is 15.9 Å². The molecule has 2 amide bonds. The smallest absolute Gasteiger partial charge is 0.255 e. The molecule has 4 rings (SSSR count). The highest BCUT2D eigenvalue weighted by atomic mass is 32.2. The van der Waals surface area contributed by atoms with E-state index in [1.165, 1.54) is 16.4 Å². The van der Waals surface area contributed by atoms with Crippen LogP contribution in [0, 0.1) is 12.8 Å². The van der Waals surface area contributed by atoms with Crippen LogP contribution in [0.3, 0.4) is 0 Å². The number of anilines is 2. The summed E-state index contributed by atoms with van der Waals surface area (Å²) in [6.45, 7) is 2.88. The minimum absolute atomic E-state index is 0.00375. The Labute approximate surface area is 176 Å². The van der Waals surface area contributed by atoms with Gasteiger partial charge in [-0.1, -0.05) is 12.1 Å². The summed E-state index contributed by atoms with van der Waals surface area (Å²) < 4.78 is 27.0. The second-order valence-corrected chi connectivity index (χ2v) is 9.82. The molecule has 0 bridgehead atoms. The van der Waals surface area contributed by atoms with Crippen LogP contribution in [0.5, 0.6) is 0 Å². The van der Waals surface area contributed by atoms with Crippen LogP contribution in [0.4, 0.5) is 11.4 Å². The van der Waals surface area contributed by atoms with Crippen molar-refractivity contribution in [1.29, 1.82) is 0 Å².